The standard InChI is InChI=1S/C12H12N2O3S/c1-18(16,17)14(12(13)15)11-8-4-6-9-5-2-3-7-10(9)11/h2-8H,1H3,(H2,13,15). The van der Waals surface area contributed by atoms with Crippen LogP contribution in [0.3, 0.4) is 0 Å². The van der Waals surface area contributed by atoms with Crippen LogP contribution in [-0.4, -0.2) is 20.7 Å². The van der Waals surface area contributed by atoms with Crippen LogP contribution in [0.15, 0.2) is 42.5 Å². The highest BCUT2D eigenvalue weighted by molar-refractivity contribution is 7.92. The number of fused-ring (bicyclic) bond motifs is 1. The number of hydrogen-bond acceptors (Lipinski definition) is 3. The lowest BCUT2D eigenvalue weighted by Crippen LogP contribution is -2.40. The summed E-state index contributed by atoms with van der Waals surface area (Å²) >= 11 is 0. The van der Waals surface area contributed by atoms with Gasteiger partial charge in [-0.1, -0.05) is 36.4 Å². The predicted octanol–water partition coefficient (Wildman–Crippen LogP) is 1.68. The predicted molar refractivity (Wildman–Crippen MR) is 70.9 cm³/mol. The monoisotopic (exact) mass is 264 g/mol. The Morgan fingerprint density at radius 3 is 2.33 bits per heavy atom. The Morgan fingerprint density at radius 2 is 1.72 bits per heavy atom. The minimum atomic E-state index is -3.75. The molecular weight excluding hydrogens is 252 g/mol. The Balaban J connectivity index is 2.77. The molecule has 0 aliphatic carbocycles. The molecule has 0 radical (unpaired) electrons. The lowest BCUT2D eigenvalue weighted by molar-refractivity contribution is 0.257. The van der Waals surface area contributed by atoms with Gasteiger partial charge in [-0.15, -0.1) is 0 Å². The number of nitrogens with two attached hydrogens (primary N) is 1. The Hall–Kier alpha value is -2.08. The van der Waals surface area contributed by atoms with Crippen LogP contribution in [0.25, 0.3) is 10.8 Å². The zero-order chi connectivity index (χ0) is 13.3. The van der Waals surface area contributed by atoms with E-state index < -0.39 is 16.1 Å². The van der Waals surface area contributed by atoms with Crippen molar-refractivity contribution in [1.29, 1.82) is 0 Å². The Morgan fingerprint density at radius 1 is 1.11 bits per heavy atom. The van der Waals surface area contributed by atoms with E-state index in [1.807, 2.05) is 18.2 Å². The van der Waals surface area contributed by atoms with E-state index in [1.54, 1.807) is 24.3 Å². The largest absolute Gasteiger partial charge is 0.350 e. The number of amides is 2. The molecule has 0 atom stereocenters. The number of primary amides is 1. The molecule has 2 aromatic carbocycles. The molecule has 2 aromatic rings. The first-order valence-electron chi connectivity index (χ1n) is 5.19. The molecule has 0 spiro atoms. The van der Waals surface area contributed by atoms with Gasteiger partial charge in [-0.3, -0.25) is 0 Å². The number of hydrogen-bond donors (Lipinski definition) is 1. The van der Waals surface area contributed by atoms with Crippen LogP contribution in [0.2, 0.25) is 0 Å². The molecule has 0 aromatic heterocycles. The highest BCUT2D eigenvalue weighted by Gasteiger charge is 2.24. The van der Waals surface area contributed by atoms with Crippen molar-refractivity contribution in [2.45, 2.75) is 0 Å². The van der Waals surface area contributed by atoms with Crippen LogP contribution >= 0.6 is 0 Å². The third-order valence-electron chi connectivity index (χ3n) is 2.52. The second-order valence-corrected chi connectivity index (χ2v) is 5.70. The van der Waals surface area contributed by atoms with E-state index in [1.165, 1.54) is 0 Å². The summed E-state index contributed by atoms with van der Waals surface area (Å²) < 4.78 is 23.9. The normalized spacial score (nSPS) is 11.4. The molecule has 0 aliphatic heterocycles. The van der Waals surface area contributed by atoms with Crippen LogP contribution in [0.4, 0.5) is 10.5 Å². The van der Waals surface area contributed by atoms with Gasteiger partial charge < -0.3 is 5.73 Å². The minimum Gasteiger partial charge on any atom is -0.350 e. The molecule has 94 valence electrons. The van der Waals surface area contributed by atoms with Gasteiger partial charge in [0.25, 0.3) is 0 Å². The first-order valence-corrected chi connectivity index (χ1v) is 7.03. The number of urea groups is 1. The number of benzene rings is 2. The minimum absolute atomic E-state index is 0.267. The number of rotatable bonds is 2. The zero-order valence-electron chi connectivity index (χ0n) is 9.70. The molecule has 5 nitrogen and oxygen atoms in total. The van der Waals surface area contributed by atoms with Crippen molar-refractivity contribution in [1.82, 2.24) is 0 Å². The second-order valence-electron chi connectivity index (χ2n) is 3.86. The van der Waals surface area contributed by atoms with E-state index in [4.69, 9.17) is 5.73 Å². The Labute approximate surface area is 105 Å². The van der Waals surface area contributed by atoms with Gasteiger partial charge in [-0.25, -0.2) is 13.2 Å². The first kappa shape index (κ1) is 12.4. The summed E-state index contributed by atoms with van der Waals surface area (Å²) in [6.45, 7) is 0. The molecule has 6 heteroatoms. The van der Waals surface area contributed by atoms with Gasteiger partial charge in [0.1, 0.15) is 0 Å². The average Bonchev–Trinajstić information content (AvgIpc) is 2.27. The van der Waals surface area contributed by atoms with E-state index in [-0.39, 0.29) is 5.69 Å². The van der Waals surface area contributed by atoms with E-state index >= 15 is 0 Å². The van der Waals surface area contributed by atoms with Gasteiger partial charge in [0.15, 0.2) is 0 Å². The second kappa shape index (κ2) is 4.30. The smallest absolute Gasteiger partial charge is 0.333 e. The Kier molecular flexibility index (Phi) is 2.96. The molecule has 2 amide bonds. The van der Waals surface area contributed by atoms with E-state index in [0.29, 0.717) is 9.69 Å². The number of anilines is 1. The van der Waals surface area contributed by atoms with Crippen LogP contribution in [0.5, 0.6) is 0 Å². The highest BCUT2D eigenvalue weighted by Crippen LogP contribution is 2.28. The van der Waals surface area contributed by atoms with Crippen LogP contribution in [0.1, 0.15) is 0 Å². The van der Waals surface area contributed by atoms with Gasteiger partial charge in [-0.05, 0) is 11.5 Å². The fourth-order valence-corrected chi connectivity index (χ4v) is 2.69. The van der Waals surface area contributed by atoms with E-state index in [2.05, 4.69) is 0 Å². The van der Waals surface area contributed by atoms with Crippen molar-refractivity contribution in [3.05, 3.63) is 42.5 Å². The molecule has 0 saturated carbocycles. The SMILES string of the molecule is CS(=O)(=O)N(C(N)=O)c1cccc2ccccc12. The van der Waals surface area contributed by atoms with Gasteiger partial charge in [0.05, 0.1) is 11.9 Å². The van der Waals surface area contributed by atoms with Crippen molar-refractivity contribution >= 4 is 32.5 Å². The average molecular weight is 264 g/mol. The molecule has 0 heterocycles. The third kappa shape index (κ3) is 2.14. The number of sulfonamides is 1. The van der Waals surface area contributed by atoms with Crippen molar-refractivity contribution in [2.24, 2.45) is 5.73 Å². The molecule has 2 N–H and O–H groups in total. The molecule has 0 unspecified atom stereocenters. The Bertz CT molecular complexity index is 705. The quantitative estimate of drug-likeness (QED) is 0.896. The fraction of sp³-hybridized carbons (Fsp3) is 0.0833. The number of carbonyl (C=O) groups excluding carboxylic acids is 1. The lowest BCUT2D eigenvalue weighted by Gasteiger charge is -2.19. The van der Waals surface area contributed by atoms with Crippen molar-refractivity contribution in [2.75, 3.05) is 10.6 Å². The third-order valence-corrected chi connectivity index (χ3v) is 3.56. The van der Waals surface area contributed by atoms with Gasteiger partial charge in [-0.2, -0.15) is 4.31 Å². The van der Waals surface area contributed by atoms with Crippen molar-refractivity contribution in [3.63, 3.8) is 0 Å². The molecule has 0 aliphatic rings. The molecule has 2 rings (SSSR count). The summed E-state index contributed by atoms with van der Waals surface area (Å²) in [4.78, 5) is 11.4. The molecule has 18 heavy (non-hydrogen) atoms. The van der Waals surface area contributed by atoms with E-state index in [9.17, 15) is 13.2 Å². The van der Waals surface area contributed by atoms with Gasteiger partial charge in [0, 0.05) is 5.39 Å². The highest BCUT2D eigenvalue weighted by atomic mass is 32.2. The maximum absolute atomic E-state index is 11.6. The van der Waals surface area contributed by atoms with Crippen LogP contribution in [-0.2, 0) is 10.0 Å². The maximum atomic E-state index is 11.6. The molecule has 0 fully saturated rings. The fourth-order valence-electron chi connectivity index (χ4n) is 1.85. The summed E-state index contributed by atoms with van der Waals surface area (Å²) in [5.74, 6) is 0. The van der Waals surface area contributed by atoms with Crippen LogP contribution < -0.4 is 10.0 Å². The number of carbonyl (C=O) groups is 1. The summed E-state index contributed by atoms with van der Waals surface area (Å²) in [6.07, 6.45) is 0.944. The van der Waals surface area contributed by atoms with Crippen molar-refractivity contribution in [3.8, 4) is 0 Å². The molecular formula is C12H12N2O3S. The zero-order valence-corrected chi connectivity index (χ0v) is 10.5. The first-order chi connectivity index (χ1) is 8.41. The molecule has 0 bridgehead atoms. The number of nitrogens with zero attached hydrogens (tertiary/aromatic N) is 1. The van der Waals surface area contributed by atoms with Crippen molar-refractivity contribution < 1.29 is 13.2 Å². The van der Waals surface area contributed by atoms with Gasteiger partial charge in [0.2, 0.25) is 10.0 Å². The van der Waals surface area contributed by atoms with Crippen LogP contribution in [0, 0.1) is 0 Å². The summed E-state index contributed by atoms with van der Waals surface area (Å²) in [5, 5.41) is 1.49. The topological polar surface area (TPSA) is 80.5 Å². The lowest BCUT2D eigenvalue weighted by atomic mass is 10.1. The van der Waals surface area contributed by atoms with E-state index in [0.717, 1.165) is 11.6 Å². The summed E-state index contributed by atoms with van der Waals surface area (Å²) in [6, 6.07) is 11.2. The van der Waals surface area contributed by atoms with Gasteiger partial charge >= 0.3 is 6.03 Å². The summed E-state index contributed by atoms with van der Waals surface area (Å²) in [7, 11) is -3.75. The molecule has 0 saturated heterocycles. The maximum Gasteiger partial charge on any atom is 0.333 e. The summed E-state index contributed by atoms with van der Waals surface area (Å²) in [5.41, 5.74) is 5.42.